The van der Waals surface area contributed by atoms with Crippen LogP contribution < -0.4 is 0 Å². The van der Waals surface area contributed by atoms with Crippen molar-refractivity contribution >= 4 is 17.5 Å². The molecule has 0 radical (unpaired) electrons. The zero-order chi connectivity index (χ0) is 16.9. The third-order valence-corrected chi connectivity index (χ3v) is 4.65. The number of hydrogen-bond acceptors (Lipinski definition) is 2. The number of ether oxygens (including phenoxy) is 1. The summed E-state index contributed by atoms with van der Waals surface area (Å²) in [5, 5.41) is 0.710. The monoisotopic (exact) mass is 343 g/mol. The lowest BCUT2D eigenvalue weighted by Crippen LogP contribution is -2.48. The number of morpholine rings is 1. The van der Waals surface area contributed by atoms with E-state index in [1.807, 2.05) is 53.4 Å². The number of hydrogen-bond donors (Lipinski definition) is 0. The first-order chi connectivity index (χ1) is 11.7. The molecule has 0 spiro atoms. The van der Waals surface area contributed by atoms with E-state index in [-0.39, 0.29) is 11.9 Å². The Kier molecular flexibility index (Phi) is 5.54. The van der Waals surface area contributed by atoms with E-state index < -0.39 is 0 Å². The molecule has 1 fully saturated rings. The molecule has 1 heterocycles. The average molecular weight is 344 g/mol. The van der Waals surface area contributed by atoms with E-state index in [0.717, 1.165) is 29.5 Å². The van der Waals surface area contributed by atoms with Gasteiger partial charge in [0, 0.05) is 17.1 Å². The summed E-state index contributed by atoms with van der Waals surface area (Å²) in [6, 6.07) is 15.7. The van der Waals surface area contributed by atoms with Gasteiger partial charge < -0.3 is 9.64 Å². The number of rotatable bonds is 4. The molecule has 2 aromatic carbocycles. The topological polar surface area (TPSA) is 29.5 Å². The molecule has 2 aromatic rings. The summed E-state index contributed by atoms with van der Waals surface area (Å²) in [4.78, 5) is 14.9. The lowest BCUT2D eigenvalue weighted by atomic mass is 10.0. The van der Waals surface area contributed by atoms with E-state index >= 15 is 0 Å². The lowest BCUT2D eigenvalue weighted by Gasteiger charge is -2.35. The predicted molar refractivity (Wildman–Crippen MR) is 97.4 cm³/mol. The maximum atomic E-state index is 13.0. The Bertz CT molecular complexity index is 697. The van der Waals surface area contributed by atoms with Crippen molar-refractivity contribution in [2.45, 2.75) is 25.8 Å². The smallest absolute Gasteiger partial charge is 0.254 e. The van der Waals surface area contributed by atoms with Crippen LogP contribution >= 0.6 is 11.6 Å². The first kappa shape index (κ1) is 17.0. The van der Waals surface area contributed by atoms with E-state index in [1.54, 1.807) is 0 Å². The van der Waals surface area contributed by atoms with Crippen LogP contribution in [0.4, 0.5) is 0 Å². The second kappa shape index (κ2) is 7.82. The van der Waals surface area contributed by atoms with Crippen LogP contribution in [0, 0.1) is 0 Å². The summed E-state index contributed by atoms with van der Waals surface area (Å²) in [6.07, 6.45) is 2.02. The molecule has 1 atom stereocenters. The van der Waals surface area contributed by atoms with Gasteiger partial charge in [-0.3, -0.25) is 4.79 Å². The Morgan fingerprint density at radius 3 is 2.75 bits per heavy atom. The minimum Gasteiger partial charge on any atom is -0.377 e. The second-order valence-corrected chi connectivity index (χ2v) is 6.54. The standard InChI is InChI=1S/C20H22ClNO2/c1-2-4-19-14-24-12-11-22(19)20(23)17-6-3-5-16(13-17)15-7-9-18(21)10-8-15/h3,5-10,13,19H,2,4,11-12,14H2,1H3/t19-/m1/s1. The van der Waals surface area contributed by atoms with Crippen LogP contribution in [0.5, 0.6) is 0 Å². The highest BCUT2D eigenvalue weighted by molar-refractivity contribution is 6.30. The van der Waals surface area contributed by atoms with E-state index in [0.29, 0.717) is 24.8 Å². The van der Waals surface area contributed by atoms with Gasteiger partial charge in [0.25, 0.3) is 5.91 Å². The third kappa shape index (κ3) is 3.80. The van der Waals surface area contributed by atoms with Gasteiger partial charge in [0.1, 0.15) is 0 Å². The highest BCUT2D eigenvalue weighted by atomic mass is 35.5. The number of carbonyl (C=O) groups is 1. The quantitative estimate of drug-likeness (QED) is 0.808. The summed E-state index contributed by atoms with van der Waals surface area (Å²) in [6.45, 7) is 4.05. The Morgan fingerprint density at radius 1 is 1.21 bits per heavy atom. The Hall–Kier alpha value is -1.84. The molecule has 126 valence electrons. The van der Waals surface area contributed by atoms with Crippen molar-refractivity contribution < 1.29 is 9.53 Å². The summed E-state index contributed by atoms with van der Waals surface area (Å²) >= 11 is 5.96. The first-order valence-electron chi connectivity index (χ1n) is 8.43. The lowest BCUT2D eigenvalue weighted by molar-refractivity contribution is -0.00433. The first-order valence-corrected chi connectivity index (χ1v) is 8.81. The maximum Gasteiger partial charge on any atom is 0.254 e. The van der Waals surface area contributed by atoms with Gasteiger partial charge in [0.2, 0.25) is 0 Å². The molecule has 0 N–H and O–H groups in total. The predicted octanol–water partition coefficient (Wildman–Crippen LogP) is 4.65. The van der Waals surface area contributed by atoms with E-state index in [4.69, 9.17) is 16.3 Å². The van der Waals surface area contributed by atoms with Crippen LogP contribution in [0.2, 0.25) is 5.02 Å². The number of carbonyl (C=O) groups excluding carboxylic acids is 1. The Morgan fingerprint density at radius 2 is 2.00 bits per heavy atom. The van der Waals surface area contributed by atoms with Crippen molar-refractivity contribution in [3.8, 4) is 11.1 Å². The molecule has 3 rings (SSSR count). The fourth-order valence-corrected chi connectivity index (χ4v) is 3.26. The number of halogens is 1. The average Bonchev–Trinajstić information content (AvgIpc) is 2.63. The fraction of sp³-hybridized carbons (Fsp3) is 0.350. The highest BCUT2D eigenvalue weighted by Crippen LogP contribution is 2.24. The zero-order valence-corrected chi connectivity index (χ0v) is 14.6. The molecule has 0 bridgehead atoms. The van der Waals surface area contributed by atoms with Crippen molar-refractivity contribution in [1.29, 1.82) is 0 Å². The summed E-state index contributed by atoms with van der Waals surface area (Å²) in [7, 11) is 0. The van der Waals surface area contributed by atoms with Crippen molar-refractivity contribution in [2.24, 2.45) is 0 Å². The Labute approximate surface area is 148 Å². The van der Waals surface area contributed by atoms with Crippen LogP contribution in [0.25, 0.3) is 11.1 Å². The van der Waals surface area contributed by atoms with Gasteiger partial charge in [-0.1, -0.05) is 49.2 Å². The molecule has 24 heavy (non-hydrogen) atoms. The van der Waals surface area contributed by atoms with Gasteiger partial charge in [-0.25, -0.2) is 0 Å². The number of nitrogens with zero attached hydrogens (tertiary/aromatic N) is 1. The SMILES string of the molecule is CCC[C@@H]1COCCN1C(=O)c1cccc(-c2ccc(Cl)cc2)c1. The zero-order valence-electron chi connectivity index (χ0n) is 13.9. The molecule has 1 amide bonds. The van der Waals surface area contributed by atoms with Crippen molar-refractivity contribution in [2.75, 3.05) is 19.8 Å². The maximum absolute atomic E-state index is 13.0. The van der Waals surface area contributed by atoms with Gasteiger partial charge in [-0.15, -0.1) is 0 Å². The minimum absolute atomic E-state index is 0.0903. The molecule has 4 heteroatoms. The van der Waals surface area contributed by atoms with Crippen LogP contribution in [-0.2, 0) is 4.74 Å². The van der Waals surface area contributed by atoms with E-state index in [1.165, 1.54) is 0 Å². The van der Waals surface area contributed by atoms with E-state index in [2.05, 4.69) is 6.92 Å². The van der Waals surface area contributed by atoms with Gasteiger partial charge in [-0.05, 0) is 41.8 Å². The molecule has 1 aliphatic heterocycles. The minimum atomic E-state index is 0.0903. The molecule has 0 saturated carbocycles. The summed E-state index contributed by atoms with van der Waals surface area (Å²) < 4.78 is 5.55. The summed E-state index contributed by atoms with van der Waals surface area (Å²) in [5.41, 5.74) is 2.81. The van der Waals surface area contributed by atoms with Crippen molar-refractivity contribution in [3.63, 3.8) is 0 Å². The Balaban J connectivity index is 1.84. The molecule has 1 aliphatic rings. The summed E-state index contributed by atoms with van der Waals surface area (Å²) in [5.74, 6) is 0.0903. The van der Waals surface area contributed by atoms with E-state index in [9.17, 15) is 4.79 Å². The third-order valence-electron chi connectivity index (χ3n) is 4.40. The van der Waals surface area contributed by atoms with Crippen molar-refractivity contribution in [3.05, 3.63) is 59.1 Å². The number of amides is 1. The molecule has 0 aromatic heterocycles. The van der Waals surface area contributed by atoms with Crippen molar-refractivity contribution in [1.82, 2.24) is 4.90 Å². The molecular weight excluding hydrogens is 322 g/mol. The largest absolute Gasteiger partial charge is 0.377 e. The second-order valence-electron chi connectivity index (χ2n) is 6.10. The van der Waals surface area contributed by atoms with Crippen LogP contribution in [-0.4, -0.2) is 36.6 Å². The molecule has 1 saturated heterocycles. The van der Waals surface area contributed by atoms with Crippen LogP contribution in [0.1, 0.15) is 30.1 Å². The van der Waals surface area contributed by atoms with Crippen LogP contribution in [0.15, 0.2) is 48.5 Å². The molecular formula is C20H22ClNO2. The van der Waals surface area contributed by atoms with Gasteiger partial charge in [0.15, 0.2) is 0 Å². The molecule has 0 aliphatic carbocycles. The van der Waals surface area contributed by atoms with Gasteiger partial charge in [-0.2, -0.15) is 0 Å². The van der Waals surface area contributed by atoms with Gasteiger partial charge >= 0.3 is 0 Å². The fourth-order valence-electron chi connectivity index (χ4n) is 3.13. The molecule has 0 unspecified atom stereocenters. The molecule has 3 nitrogen and oxygen atoms in total. The van der Waals surface area contributed by atoms with Gasteiger partial charge in [0.05, 0.1) is 19.3 Å². The number of benzene rings is 2. The normalized spacial score (nSPS) is 17.8. The van der Waals surface area contributed by atoms with Crippen LogP contribution in [0.3, 0.4) is 0 Å². The highest BCUT2D eigenvalue weighted by Gasteiger charge is 2.27.